The molecule has 1 N–H and O–H groups in total. The van der Waals surface area contributed by atoms with Crippen LogP contribution in [0.5, 0.6) is 5.75 Å². The fraction of sp³-hybridized carbons (Fsp3) is 0.391. The number of aliphatic imine (C=N–C) groups is 1. The van der Waals surface area contributed by atoms with Crippen LogP contribution in [-0.4, -0.2) is 42.4 Å². The Hall–Kier alpha value is -3.13. The first-order chi connectivity index (χ1) is 15.5. The van der Waals surface area contributed by atoms with E-state index in [9.17, 15) is 4.79 Å². The van der Waals surface area contributed by atoms with E-state index in [-0.39, 0.29) is 12.2 Å². The number of hydrogen-bond acceptors (Lipinski definition) is 8. The summed E-state index contributed by atoms with van der Waals surface area (Å²) in [4.78, 5) is 28.1. The molecule has 3 heterocycles. The van der Waals surface area contributed by atoms with Gasteiger partial charge in [0.05, 0.1) is 24.4 Å². The Morgan fingerprint density at radius 3 is 2.97 bits per heavy atom. The Bertz CT molecular complexity index is 1070. The molecule has 4 rings (SSSR count). The van der Waals surface area contributed by atoms with Crippen molar-refractivity contribution in [1.29, 1.82) is 0 Å². The van der Waals surface area contributed by atoms with Crippen LogP contribution in [0.1, 0.15) is 36.2 Å². The molecular weight excluding hydrogens is 430 g/mol. The lowest BCUT2D eigenvalue weighted by molar-refractivity contribution is 0.0526. The van der Waals surface area contributed by atoms with Crippen LogP contribution in [0.3, 0.4) is 0 Å². The predicted octanol–water partition coefficient (Wildman–Crippen LogP) is 4.32. The van der Waals surface area contributed by atoms with Gasteiger partial charge >= 0.3 is 5.97 Å². The number of fused-ring (bicyclic) bond motifs is 1. The average Bonchev–Trinajstić information content (AvgIpc) is 3.21. The molecule has 0 aliphatic carbocycles. The van der Waals surface area contributed by atoms with Gasteiger partial charge in [0.2, 0.25) is 5.95 Å². The molecule has 0 fully saturated rings. The summed E-state index contributed by atoms with van der Waals surface area (Å²) in [5, 5.41) is 3.75. The fourth-order valence-corrected chi connectivity index (χ4v) is 4.13. The van der Waals surface area contributed by atoms with Crippen LogP contribution in [0.25, 0.3) is 0 Å². The summed E-state index contributed by atoms with van der Waals surface area (Å²) in [5.41, 5.74) is 2.25. The topological polar surface area (TPSA) is 88.9 Å². The summed E-state index contributed by atoms with van der Waals surface area (Å²) in [6, 6.07) is 5.52. The molecule has 2 aliphatic rings. The van der Waals surface area contributed by atoms with E-state index in [2.05, 4.69) is 27.2 Å². The van der Waals surface area contributed by atoms with Crippen molar-refractivity contribution in [2.45, 2.75) is 26.8 Å². The zero-order valence-corrected chi connectivity index (χ0v) is 19.1. The van der Waals surface area contributed by atoms with Crippen LogP contribution >= 0.6 is 11.6 Å². The lowest BCUT2D eigenvalue weighted by Crippen LogP contribution is -2.23. The molecule has 0 saturated carbocycles. The minimum Gasteiger partial charge on any atom is -0.495 e. The minimum absolute atomic E-state index is 0.268. The molecule has 0 bridgehead atoms. The van der Waals surface area contributed by atoms with Crippen LogP contribution in [0.4, 0.5) is 11.8 Å². The van der Waals surface area contributed by atoms with Gasteiger partial charge in [0.1, 0.15) is 17.1 Å². The van der Waals surface area contributed by atoms with Gasteiger partial charge in [0.25, 0.3) is 0 Å². The highest BCUT2D eigenvalue weighted by atomic mass is 35.5. The number of ether oxygens (including phenoxy) is 2. The largest absolute Gasteiger partial charge is 0.495 e. The van der Waals surface area contributed by atoms with Crippen molar-refractivity contribution in [3.8, 4) is 5.75 Å². The zero-order valence-electron chi connectivity index (χ0n) is 18.3. The second-order valence-electron chi connectivity index (χ2n) is 7.87. The monoisotopic (exact) mass is 455 g/mol. The van der Waals surface area contributed by atoms with Gasteiger partial charge in [0.15, 0.2) is 0 Å². The first-order valence-electron chi connectivity index (χ1n) is 10.6. The summed E-state index contributed by atoms with van der Waals surface area (Å²) < 4.78 is 10.4. The van der Waals surface area contributed by atoms with Crippen molar-refractivity contribution >= 4 is 35.6 Å². The third kappa shape index (κ3) is 4.70. The first-order valence-corrected chi connectivity index (χ1v) is 11.0. The third-order valence-corrected chi connectivity index (χ3v) is 5.76. The molecule has 2 aromatic rings. The van der Waals surface area contributed by atoms with Crippen molar-refractivity contribution < 1.29 is 14.3 Å². The van der Waals surface area contributed by atoms with Gasteiger partial charge in [-0.05, 0) is 37.0 Å². The van der Waals surface area contributed by atoms with E-state index in [1.807, 2.05) is 29.4 Å². The van der Waals surface area contributed by atoms with Gasteiger partial charge in [-0.15, -0.1) is 0 Å². The van der Waals surface area contributed by atoms with Gasteiger partial charge in [0, 0.05) is 37.6 Å². The highest BCUT2D eigenvalue weighted by molar-refractivity contribution is 6.32. The standard InChI is InChI=1S/C23H26ClN5O3/c1-4-32-22(30)17-11-27-23(29-12-16-7-14(2)9-25-19(16)13-29)28-21(17)26-10-15-5-6-20(31-3)18(24)8-15/h5-6,8-9,11,13-14,16H,4,7,10,12H2,1-3H3,(H,26,27,28). The predicted molar refractivity (Wildman–Crippen MR) is 125 cm³/mol. The molecule has 2 unspecified atom stereocenters. The minimum atomic E-state index is -0.471. The van der Waals surface area contributed by atoms with Crippen LogP contribution < -0.4 is 15.0 Å². The molecular formula is C23H26ClN5O3. The molecule has 9 heteroatoms. The van der Waals surface area contributed by atoms with E-state index in [0.717, 1.165) is 24.2 Å². The molecule has 0 spiro atoms. The second kappa shape index (κ2) is 9.56. The van der Waals surface area contributed by atoms with E-state index in [0.29, 0.717) is 40.9 Å². The van der Waals surface area contributed by atoms with Crippen molar-refractivity contribution in [3.63, 3.8) is 0 Å². The van der Waals surface area contributed by atoms with Crippen LogP contribution in [0, 0.1) is 11.8 Å². The summed E-state index contributed by atoms with van der Waals surface area (Å²) in [6.07, 6.45) is 6.54. The Morgan fingerprint density at radius 1 is 1.38 bits per heavy atom. The molecule has 0 radical (unpaired) electrons. The molecule has 8 nitrogen and oxygen atoms in total. The number of nitrogens with one attached hydrogen (secondary N) is 1. The molecule has 32 heavy (non-hydrogen) atoms. The second-order valence-corrected chi connectivity index (χ2v) is 8.28. The smallest absolute Gasteiger partial charge is 0.343 e. The summed E-state index contributed by atoms with van der Waals surface area (Å²) in [6.45, 7) is 5.38. The maximum atomic E-state index is 12.5. The molecule has 0 amide bonds. The summed E-state index contributed by atoms with van der Waals surface area (Å²) >= 11 is 6.24. The third-order valence-electron chi connectivity index (χ3n) is 5.46. The van der Waals surface area contributed by atoms with Crippen molar-refractivity contribution in [2.24, 2.45) is 16.8 Å². The number of carbonyl (C=O) groups excluding carboxylic acids is 1. The van der Waals surface area contributed by atoms with Crippen molar-refractivity contribution in [1.82, 2.24) is 9.97 Å². The number of hydrogen-bond donors (Lipinski definition) is 1. The normalized spacial score (nSPS) is 19.4. The molecule has 2 aliphatic heterocycles. The number of rotatable bonds is 7. The molecule has 2 atom stereocenters. The quantitative estimate of drug-likeness (QED) is 0.622. The number of benzene rings is 1. The number of nitrogens with zero attached hydrogens (tertiary/aromatic N) is 4. The van der Waals surface area contributed by atoms with E-state index >= 15 is 0 Å². The Balaban J connectivity index is 1.58. The highest BCUT2D eigenvalue weighted by Crippen LogP contribution is 2.33. The summed E-state index contributed by atoms with van der Waals surface area (Å²) in [5.74, 6) is 1.87. The van der Waals surface area contributed by atoms with E-state index in [1.54, 1.807) is 20.1 Å². The van der Waals surface area contributed by atoms with Gasteiger partial charge in [-0.3, -0.25) is 4.99 Å². The van der Waals surface area contributed by atoms with Crippen molar-refractivity contribution in [3.05, 3.63) is 52.4 Å². The van der Waals surface area contributed by atoms with Crippen LogP contribution in [0.15, 0.2) is 41.3 Å². The summed E-state index contributed by atoms with van der Waals surface area (Å²) in [7, 11) is 1.57. The van der Waals surface area contributed by atoms with Gasteiger partial charge in [-0.25, -0.2) is 9.78 Å². The van der Waals surface area contributed by atoms with Crippen LogP contribution in [-0.2, 0) is 11.3 Å². The van der Waals surface area contributed by atoms with Gasteiger partial charge in [-0.1, -0.05) is 24.6 Å². The Labute approximate surface area is 192 Å². The number of anilines is 2. The number of esters is 1. The van der Waals surface area contributed by atoms with Gasteiger partial charge < -0.3 is 19.7 Å². The van der Waals surface area contributed by atoms with E-state index in [1.165, 1.54) is 6.20 Å². The van der Waals surface area contributed by atoms with E-state index < -0.39 is 5.97 Å². The lowest BCUT2D eigenvalue weighted by Gasteiger charge is -2.21. The van der Waals surface area contributed by atoms with Gasteiger partial charge in [-0.2, -0.15) is 4.98 Å². The molecule has 0 saturated heterocycles. The number of carbonyl (C=O) groups is 1. The Morgan fingerprint density at radius 2 is 2.22 bits per heavy atom. The van der Waals surface area contributed by atoms with E-state index in [4.69, 9.17) is 21.1 Å². The zero-order chi connectivity index (χ0) is 22.7. The molecule has 1 aromatic carbocycles. The highest BCUT2D eigenvalue weighted by Gasteiger charge is 2.30. The first kappa shape index (κ1) is 22.1. The number of methoxy groups -OCH3 is 1. The maximum Gasteiger partial charge on any atom is 0.343 e. The maximum absolute atomic E-state index is 12.5. The fourth-order valence-electron chi connectivity index (χ4n) is 3.85. The Kier molecular flexibility index (Phi) is 6.60. The lowest BCUT2D eigenvalue weighted by atomic mass is 9.93. The molecule has 168 valence electrons. The average molecular weight is 456 g/mol. The number of halogens is 1. The SMILES string of the molecule is CCOC(=O)c1cnc(N2C=C3N=CC(C)CC3C2)nc1NCc1ccc(OC)c(Cl)c1. The number of aromatic nitrogens is 2. The van der Waals surface area contributed by atoms with Crippen molar-refractivity contribution in [2.75, 3.05) is 30.5 Å². The van der Waals surface area contributed by atoms with Crippen LogP contribution in [0.2, 0.25) is 5.02 Å². The molecule has 1 aromatic heterocycles.